The van der Waals surface area contributed by atoms with Crippen LogP contribution >= 0.6 is 12.4 Å². The van der Waals surface area contributed by atoms with Crippen LogP contribution in [0.3, 0.4) is 0 Å². The van der Waals surface area contributed by atoms with Crippen molar-refractivity contribution in [3.63, 3.8) is 0 Å². The van der Waals surface area contributed by atoms with E-state index < -0.39 is 0 Å². The van der Waals surface area contributed by atoms with E-state index in [0.29, 0.717) is 0 Å². The minimum absolute atomic E-state index is 0. The van der Waals surface area contributed by atoms with E-state index in [4.69, 9.17) is 5.73 Å². The van der Waals surface area contributed by atoms with Crippen LogP contribution in [0.15, 0.2) is 24.8 Å². The molecule has 0 aliphatic rings. The number of nitrogens with two attached hydrogens (primary N) is 1. The van der Waals surface area contributed by atoms with Crippen LogP contribution < -0.4 is 5.73 Å². The summed E-state index contributed by atoms with van der Waals surface area (Å²) in [6.45, 7) is 11.3. The molecule has 0 saturated carbocycles. The normalized spacial score (nSPS) is 14.7. The molecule has 0 aromatic rings. The van der Waals surface area contributed by atoms with Crippen molar-refractivity contribution in [1.29, 1.82) is 0 Å². The van der Waals surface area contributed by atoms with Gasteiger partial charge in [-0.3, -0.25) is 0 Å². The van der Waals surface area contributed by atoms with Gasteiger partial charge in [0.05, 0.1) is 0 Å². The lowest BCUT2D eigenvalue weighted by atomic mass is 9.92. The van der Waals surface area contributed by atoms with Gasteiger partial charge in [0.15, 0.2) is 0 Å². The molecular formula is C8H16ClN. The second-order valence-electron chi connectivity index (χ2n) is 2.69. The van der Waals surface area contributed by atoms with Gasteiger partial charge in [-0.25, -0.2) is 0 Å². The Morgan fingerprint density at radius 3 is 2.20 bits per heavy atom. The second kappa shape index (κ2) is 4.53. The first kappa shape index (κ1) is 12.4. The average molecular weight is 162 g/mol. The summed E-state index contributed by atoms with van der Waals surface area (Å²) in [5.74, 6) is 0. The van der Waals surface area contributed by atoms with Crippen LogP contribution in [0.25, 0.3) is 0 Å². The Morgan fingerprint density at radius 2 is 2.10 bits per heavy atom. The zero-order valence-electron chi connectivity index (χ0n) is 6.68. The van der Waals surface area contributed by atoms with Gasteiger partial charge in [0.1, 0.15) is 0 Å². The maximum Gasteiger partial charge on any atom is 0.0369 e. The van der Waals surface area contributed by atoms with E-state index in [2.05, 4.69) is 13.2 Å². The van der Waals surface area contributed by atoms with E-state index in [1.807, 2.05) is 19.9 Å². The quantitative estimate of drug-likeness (QED) is 0.632. The first-order valence-electron chi connectivity index (χ1n) is 3.06. The first-order valence-corrected chi connectivity index (χ1v) is 3.06. The summed E-state index contributed by atoms with van der Waals surface area (Å²) in [6.07, 6.45) is 2.61. The smallest absolute Gasteiger partial charge is 0.0369 e. The van der Waals surface area contributed by atoms with Gasteiger partial charge in [0, 0.05) is 5.54 Å². The van der Waals surface area contributed by atoms with Crippen LogP contribution in [0.2, 0.25) is 0 Å². The highest BCUT2D eigenvalue weighted by Gasteiger charge is 2.15. The van der Waals surface area contributed by atoms with Gasteiger partial charge >= 0.3 is 0 Å². The van der Waals surface area contributed by atoms with E-state index in [0.717, 1.165) is 12.0 Å². The van der Waals surface area contributed by atoms with Gasteiger partial charge in [-0.2, -0.15) is 0 Å². The third-order valence-corrected chi connectivity index (χ3v) is 1.54. The summed E-state index contributed by atoms with van der Waals surface area (Å²) in [4.78, 5) is 0. The molecule has 0 saturated heterocycles. The van der Waals surface area contributed by atoms with Gasteiger partial charge in [-0.1, -0.05) is 18.2 Å². The molecule has 2 heteroatoms. The Balaban J connectivity index is 0. The summed E-state index contributed by atoms with van der Waals surface area (Å²) >= 11 is 0. The summed E-state index contributed by atoms with van der Waals surface area (Å²) in [5.41, 5.74) is 6.54. The van der Waals surface area contributed by atoms with Gasteiger partial charge in [-0.15, -0.1) is 19.0 Å². The first-order chi connectivity index (χ1) is 4.00. The van der Waals surface area contributed by atoms with E-state index in [-0.39, 0.29) is 17.9 Å². The molecule has 0 aromatic carbocycles. The fourth-order valence-corrected chi connectivity index (χ4v) is 0.474. The van der Waals surface area contributed by atoms with Gasteiger partial charge < -0.3 is 5.73 Å². The van der Waals surface area contributed by atoms with Crippen molar-refractivity contribution in [2.24, 2.45) is 5.73 Å². The van der Waals surface area contributed by atoms with Gasteiger partial charge in [-0.05, 0) is 20.3 Å². The minimum Gasteiger partial charge on any atom is -0.322 e. The number of halogens is 1. The molecule has 0 radical (unpaired) electrons. The molecule has 0 aromatic heterocycles. The summed E-state index contributed by atoms with van der Waals surface area (Å²) < 4.78 is 0. The Hall–Kier alpha value is -0.270. The van der Waals surface area contributed by atoms with E-state index in [9.17, 15) is 0 Å². The molecule has 0 spiro atoms. The Labute approximate surface area is 69.4 Å². The monoisotopic (exact) mass is 161 g/mol. The molecule has 2 N–H and O–H groups in total. The van der Waals surface area contributed by atoms with E-state index in [1.54, 1.807) is 0 Å². The van der Waals surface area contributed by atoms with Crippen LogP contribution in [0.1, 0.15) is 20.3 Å². The lowest BCUT2D eigenvalue weighted by Gasteiger charge is -2.22. The molecular weight excluding hydrogens is 146 g/mol. The fraction of sp³-hybridized carbons (Fsp3) is 0.500. The summed E-state index contributed by atoms with van der Waals surface area (Å²) in [7, 11) is 0. The van der Waals surface area contributed by atoms with Crippen LogP contribution in [0.4, 0.5) is 0 Å². The van der Waals surface area contributed by atoms with Gasteiger partial charge in [0.2, 0.25) is 0 Å². The number of hydrogen-bond acceptors (Lipinski definition) is 1. The van der Waals surface area contributed by atoms with Crippen LogP contribution in [0.5, 0.6) is 0 Å². The highest BCUT2D eigenvalue weighted by molar-refractivity contribution is 5.85. The average Bonchev–Trinajstić information content (AvgIpc) is 1.65. The van der Waals surface area contributed by atoms with Gasteiger partial charge in [0.25, 0.3) is 0 Å². The van der Waals surface area contributed by atoms with Crippen molar-refractivity contribution >= 4 is 12.4 Å². The third-order valence-electron chi connectivity index (χ3n) is 1.54. The van der Waals surface area contributed by atoms with Crippen molar-refractivity contribution < 1.29 is 0 Å². The predicted octanol–water partition coefficient (Wildman–Crippen LogP) is 2.28. The highest BCUT2D eigenvalue weighted by atomic mass is 35.5. The standard InChI is InChI=1S/C8H15N.ClH/c1-5-6-8(4,9)7(2)3;/h5H,1-2,6,9H2,3-4H3;1H. The zero-order valence-corrected chi connectivity index (χ0v) is 7.50. The van der Waals surface area contributed by atoms with Crippen LogP contribution in [-0.4, -0.2) is 5.54 Å². The zero-order chi connectivity index (χ0) is 7.49. The van der Waals surface area contributed by atoms with Crippen LogP contribution in [-0.2, 0) is 0 Å². The van der Waals surface area contributed by atoms with Crippen molar-refractivity contribution in [3.8, 4) is 0 Å². The molecule has 0 aliphatic carbocycles. The predicted molar refractivity (Wildman–Crippen MR) is 49.5 cm³/mol. The SMILES string of the molecule is C=CCC(C)(N)C(=C)C.Cl. The van der Waals surface area contributed by atoms with E-state index in [1.165, 1.54) is 0 Å². The topological polar surface area (TPSA) is 26.0 Å². The Kier molecular flexibility index (Phi) is 5.62. The van der Waals surface area contributed by atoms with Crippen molar-refractivity contribution in [3.05, 3.63) is 24.8 Å². The lowest BCUT2D eigenvalue weighted by molar-refractivity contribution is 0.560. The molecule has 0 amide bonds. The number of rotatable bonds is 3. The molecule has 1 unspecified atom stereocenters. The minimum atomic E-state index is -0.262. The molecule has 0 aliphatic heterocycles. The Morgan fingerprint density at radius 1 is 1.70 bits per heavy atom. The van der Waals surface area contributed by atoms with Crippen molar-refractivity contribution in [1.82, 2.24) is 0 Å². The maximum atomic E-state index is 5.80. The number of hydrogen-bond donors (Lipinski definition) is 1. The van der Waals surface area contributed by atoms with Crippen molar-refractivity contribution in [2.75, 3.05) is 0 Å². The lowest BCUT2D eigenvalue weighted by Crippen LogP contribution is -2.36. The largest absolute Gasteiger partial charge is 0.322 e. The second-order valence-corrected chi connectivity index (χ2v) is 2.69. The molecule has 1 nitrogen and oxygen atoms in total. The van der Waals surface area contributed by atoms with E-state index >= 15 is 0 Å². The third kappa shape index (κ3) is 3.70. The summed E-state index contributed by atoms with van der Waals surface area (Å²) in [5, 5.41) is 0. The molecule has 60 valence electrons. The highest BCUT2D eigenvalue weighted by Crippen LogP contribution is 2.14. The Bertz CT molecular complexity index is 127. The molecule has 10 heavy (non-hydrogen) atoms. The van der Waals surface area contributed by atoms with Crippen LogP contribution in [0, 0.1) is 0 Å². The van der Waals surface area contributed by atoms with Crippen molar-refractivity contribution in [2.45, 2.75) is 25.8 Å². The maximum absolute atomic E-state index is 5.80. The molecule has 0 fully saturated rings. The molecule has 0 rings (SSSR count). The fourth-order valence-electron chi connectivity index (χ4n) is 0.474. The molecule has 0 bridgehead atoms. The summed E-state index contributed by atoms with van der Waals surface area (Å²) in [6, 6.07) is 0. The molecule has 1 atom stereocenters. The molecule has 0 heterocycles.